The topological polar surface area (TPSA) is 41.5 Å². The zero-order chi connectivity index (χ0) is 14.9. The molecule has 0 aromatic heterocycles. The van der Waals surface area contributed by atoms with Gasteiger partial charge in [0, 0.05) is 5.75 Å². The van der Waals surface area contributed by atoms with Gasteiger partial charge in [0.15, 0.2) is 0 Å². The largest absolute Gasteiger partial charge is 0.272 e. The van der Waals surface area contributed by atoms with Crippen LogP contribution in [0, 0.1) is 6.92 Å². The number of hydrogen-bond acceptors (Lipinski definition) is 3. The summed E-state index contributed by atoms with van der Waals surface area (Å²) in [5.74, 6) is 1.16. The van der Waals surface area contributed by atoms with Gasteiger partial charge in [0.2, 0.25) is 5.91 Å². The number of aryl methyl sites for hydroxylation is 1. The van der Waals surface area contributed by atoms with Crippen LogP contribution in [0.3, 0.4) is 0 Å². The van der Waals surface area contributed by atoms with Crippen LogP contribution in [0.1, 0.15) is 16.7 Å². The van der Waals surface area contributed by atoms with Crippen molar-refractivity contribution in [3.63, 3.8) is 0 Å². The molecule has 0 aliphatic rings. The number of benzene rings is 2. The molecule has 0 bridgehead atoms. The van der Waals surface area contributed by atoms with Crippen LogP contribution in [0.5, 0.6) is 0 Å². The van der Waals surface area contributed by atoms with E-state index >= 15 is 0 Å². The molecule has 108 valence electrons. The zero-order valence-corrected chi connectivity index (χ0v) is 12.8. The van der Waals surface area contributed by atoms with E-state index in [1.165, 1.54) is 11.1 Å². The summed E-state index contributed by atoms with van der Waals surface area (Å²) in [4.78, 5) is 11.7. The summed E-state index contributed by atoms with van der Waals surface area (Å²) in [6.45, 7) is 2.08. The van der Waals surface area contributed by atoms with Gasteiger partial charge in [-0.1, -0.05) is 54.6 Å². The van der Waals surface area contributed by atoms with E-state index in [2.05, 4.69) is 29.6 Å². The summed E-state index contributed by atoms with van der Waals surface area (Å²) in [7, 11) is 0. The maximum Gasteiger partial charge on any atom is 0.250 e. The van der Waals surface area contributed by atoms with Crippen molar-refractivity contribution in [2.75, 3.05) is 5.75 Å². The highest BCUT2D eigenvalue weighted by atomic mass is 32.2. The zero-order valence-electron chi connectivity index (χ0n) is 12.0. The summed E-state index contributed by atoms with van der Waals surface area (Å²) in [6, 6.07) is 17.9. The molecule has 0 spiro atoms. The molecule has 0 aliphatic heterocycles. The third-order valence-corrected chi connectivity index (χ3v) is 3.94. The van der Waals surface area contributed by atoms with Crippen molar-refractivity contribution >= 4 is 23.9 Å². The lowest BCUT2D eigenvalue weighted by molar-refractivity contribution is -0.118. The highest BCUT2D eigenvalue weighted by Gasteiger charge is 2.02. The third-order valence-electron chi connectivity index (χ3n) is 2.95. The van der Waals surface area contributed by atoms with E-state index in [9.17, 15) is 4.79 Å². The molecule has 0 fully saturated rings. The van der Waals surface area contributed by atoms with Crippen LogP contribution < -0.4 is 5.43 Å². The monoisotopic (exact) mass is 298 g/mol. The van der Waals surface area contributed by atoms with E-state index < -0.39 is 0 Å². The van der Waals surface area contributed by atoms with Gasteiger partial charge in [-0.3, -0.25) is 4.79 Å². The van der Waals surface area contributed by atoms with Gasteiger partial charge in [-0.25, -0.2) is 5.43 Å². The fourth-order valence-electron chi connectivity index (χ4n) is 1.78. The Bertz CT molecular complexity index is 611. The maximum atomic E-state index is 11.7. The fraction of sp³-hybridized carbons (Fsp3) is 0.176. The first kappa shape index (κ1) is 15.3. The number of nitrogens with one attached hydrogen (secondary N) is 1. The normalized spacial score (nSPS) is 10.7. The molecular weight excluding hydrogens is 280 g/mol. The van der Waals surface area contributed by atoms with Crippen molar-refractivity contribution in [2.45, 2.75) is 12.7 Å². The highest BCUT2D eigenvalue weighted by Crippen LogP contribution is 2.15. The molecule has 0 aliphatic carbocycles. The van der Waals surface area contributed by atoms with Gasteiger partial charge >= 0.3 is 0 Å². The van der Waals surface area contributed by atoms with Crippen molar-refractivity contribution < 1.29 is 4.79 Å². The molecule has 0 heterocycles. The van der Waals surface area contributed by atoms with Crippen molar-refractivity contribution in [1.29, 1.82) is 0 Å². The molecule has 0 saturated carbocycles. The van der Waals surface area contributed by atoms with Gasteiger partial charge in [-0.15, -0.1) is 11.8 Å². The molecule has 0 saturated heterocycles. The number of nitrogens with zero attached hydrogens (tertiary/aromatic N) is 1. The van der Waals surface area contributed by atoms with Crippen LogP contribution >= 0.6 is 11.8 Å². The number of amides is 1. The lowest BCUT2D eigenvalue weighted by Crippen LogP contribution is -2.19. The molecule has 0 unspecified atom stereocenters. The third kappa shape index (κ3) is 5.44. The Hall–Kier alpha value is -2.07. The smallest absolute Gasteiger partial charge is 0.250 e. The van der Waals surface area contributed by atoms with Gasteiger partial charge < -0.3 is 0 Å². The number of hydrazone groups is 1. The van der Waals surface area contributed by atoms with E-state index in [-0.39, 0.29) is 5.91 Å². The standard InChI is InChI=1S/C17H18N2OS/c1-14-7-5-6-10-16(14)12-21-13-17(20)19-18-11-15-8-3-2-4-9-15/h2-11H,12-13H2,1H3,(H,19,20)/b18-11-. The van der Waals surface area contributed by atoms with Gasteiger partial charge in [0.25, 0.3) is 0 Å². The Labute approximate surface area is 129 Å². The Kier molecular flexibility index (Phi) is 6.03. The van der Waals surface area contributed by atoms with Crippen LogP contribution in [0.25, 0.3) is 0 Å². The van der Waals surface area contributed by atoms with E-state index in [0.29, 0.717) is 5.75 Å². The highest BCUT2D eigenvalue weighted by molar-refractivity contribution is 7.99. The van der Waals surface area contributed by atoms with Crippen LogP contribution in [-0.4, -0.2) is 17.9 Å². The fourth-order valence-corrected chi connectivity index (χ4v) is 2.67. The van der Waals surface area contributed by atoms with E-state index in [4.69, 9.17) is 0 Å². The number of carbonyl (C=O) groups is 1. The van der Waals surface area contributed by atoms with Crippen LogP contribution in [0.2, 0.25) is 0 Å². The first-order valence-corrected chi connectivity index (χ1v) is 7.90. The van der Waals surface area contributed by atoms with E-state index in [0.717, 1.165) is 11.3 Å². The van der Waals surface area contributed by atoms with E-state index in [1.54, 1.807) is 18.0 Å². The lowest BCUT2D eigenvalue weighted by Gasteiger charge is -2.04. The molecule has 21 heavy (non-hydrogen) atoms. The molecule has 1 N–H and O–H groups in total. The average molecular weight is 298 g/mol. The summed E-state index contributed by atoms with van der Waals surface area (Å²) >= 11 is 1.59. The van der Waals surface area contributed by atoms with Crippen molar-refractivity contribution in [3.05, 3.63) is 71.3 Å². The molecule has 4 heteroatoms. The maximum absolute atomic E-state index is 11.7. The summed E-state index contributed by atoms with van der Waals surface area (Å²) < 4.78 is 0. The Morgan fingerprint density at radius 2 is 1.86 bits per heavy atom. The number of hydrogen-bond donors (Lipinski definition) is 1. The lowest BCUT2D eigenvalue weighted by atomic mass is 10.1. The van der Waals surface area contributed by atoms with Crippen molar-refractivity contribution in [1.82, 2.24) is 5.43 Å². The molecule has 3 nitrogen and oxygen atoms in total. The van der Waals surface area contributed by atoms with Crippen LogP contribution in [0.15, 0.2) is 59.7 Å². The summed E-state index contributed by atoms with van der Waals surface area (Å²) in [5, 5.41) is 3.95. The predicted molar refractivity (Wildman–Crippen MR) is 89.5 cm³/mol. The van der Waals surface area contributed by atoms with Gasteiger partial charge in [0.1, 0.15) is 0 Å². The molecule has 2 rings (SSSR count). The number of thioether (sulfide) groups is 1. The molecule has 2 aromatic carbocycles. The number of rotatable bonds is 6. The van der Waals surface area contributed by atoms with Crippen LogP contribution in [-0.2, 0) is 10.5 Å². The minimum absolute atomic E-state index is 0.0826. The number of carbonyl (C=O) groups excluding carboxylic acids is 1. The summed E-state index contributed by atoms with van der Waals surface area (Å²) in [5.41, 5.74) is 6.03. The Balaban J connectivity index is 1.71. The molecule has 2 aromatic rings. The Morgan fingerprint density at radius 1 is 1.14 bits per heavy atom. The Morgan fingerprint density at radius 3 is 2.62 bits per heavy atom. The second-order valence-corrected chi connectivity index (χ2v) is 5.61. The first-order valence-electron chi connectivity index (χ1n) is 6.75. The minimum atomic E-state index is -0.0826. The minimum Gasteiger partial charge on any atom is -0.272 e. The average Bonchev–Trinajstić information content (AvgIpc) is 2.50. The molecule has 0 radical (unpaired) electrons. The molecule has 1 amide bonds. The SMILES string of the molecule is Cc1ccccc1CSCC(=O)N/N=C\c1ccccc1. The quantitative estimate of drug-likeness (QED) is 0.656. The van der Waals surface area contributed by atoms with Gasteiger partial charge in [-0.05, 0) is 23.6 Å². The second-order valence-electron chi connectivity index (χ2n) is 4.62. The van der Waals surface area contributed by atoms with Crippen LogP contribution in [0.4, 0.5) is 0 Å². The molecule has 0 atom stereocenters. The van der Waals surface area contributed by atoms with Crippen molar-refractivity contribution in [3.8, 4) is 0 Å². The van der Waals surface area contributed by atoms with Gasteiger partial charge in [0.05, 0.1) is 12.0 Å². The first-order chi connectivity index (χ1) is 10.3. The second kappa shape index (κ2) is 8.27. The summed E-state index contributed by atoms with van der Waals surface area (Å²) in [6.07, 6.45) is 1.64. The predicted octanol–water partition coefficient (Wildman–Crippen LogP) is 3.38. The van der Waals surface area contributed by atoms with E-state index in [1.807, 2.05) is 42.5 Å². The van der Waals surface area contributed by atoms with Gasteiger partial charge in [-0.2, -0.15) is 5.10 Å². The molecular formula is C17H18N2OS. The van der Waals surface area contributed by atoms with Crippen molar-refractivity contribution in [2.24, 2.45) is 5.10 Å².